The van der Waals surface area contributed by atoms with E-state index < -0.39 is 11.8 Å². The molecular formula is C25H16ClN5O3S3. The van der Waals surface area contributed by atoms with Gasteiger partial charge in [0.1, 0.15) is 22.2 Å². The lowest BCUT2D eigenvalue weighted by Crippen LogP contribution is -2.54. The first-order valence-electron chi connectivity index (χ1n) is 10.8. The van der Waals surface area contributed by atoms with Crippen molar-refractivity contribution in [2.45, 2.75) is 16.4 Å². The van der Waals surface area contributed by atoms with Crippen molar-refractivity contribution in [3.8, 4) is 11.5 Å². The monoisotopic (exact) mass is 565 g/mol. The van der Waals surface area contributed by atoms with Crippen molar-refractivity contribution in [1.29, 1.82) is 0 Å². The molecule has 1 saturated heterocycles. The Labute approximate surface area is 230 Å². The molecule has 2 amide bonds. The molecule has 0 atom stereocenters. The summed E-state index contributed by atoms with van der Waals surface area (Å²) in [6.45, 7) is 1.86. The average Bonchev–Trinajstić information content (AvgIpc) is 3.21. The molecule has 2 aromatic heterocycles. The van der Waals surface area contributed by atoms with Gasteiger partial charge in [-0.1, -0.05) is 29.8 Å². The Morgan fingerprint density at radius 1 is 1.05 bits per heavy atom. The Balaban J connectivity index is 1.38. The second-order valence-corrected chi connectivity index (χ2v) is 10.6. The number of anilines is 1. The standard InChI is InChI=1S/C25H16ClN5O3S3/c1-14-11-12-27-23(28-14)37-25-29-20(26)19(36-25)13-18-21(32)30-24(35)31(22(18)33)15-7-9-17(10-8-15)34-16-5-3-2-4-6-16/h2-13H,1H3,(H,30,32,35)/b18-13+. The van der Waals surface area contributed by atoms with E-state index in [1.807, 2.05) is 37.3 Å². The highest BCUT2D eigenvalue weighted by Gasteiger charge is 2.35. The van der Waals surface area contributed by atoms with Gasteiger partial charge in [0.25, 0.3) is 11.8 Å². The number of carbonyl (C=O) groups excluding carboxylic acids is 2. The molecule has 1 N–H and O–H groups in total. The molecule has 0 bridgehead atoms. The van der Waals surface area contributed by atoms with Crippen LogP contribution in [0.15, 0.2) is 81.9 Å². The number of ether oxygens (including phenoxy) is 1. The maximum atomic E-state index is 13.4. The zero-order valence-corrected chi connectivity index (χ0v) is 22.2. The lowest BCUT2D eigenvalue weighted by Gasteiger charge is -2.28. The van der Waals surface area contributed by atoms with Gasteiger partial charge in [-0.15, -0.1) is 11.3 Å². The second kappa shape index (κ2) is 10.8. The van der Waals surface area contributed by atoms with Crippen LogP contribution in [0.2, 0.25) is 5.15 Å². The van der Waals surface area contributed by atoms with Gasteiger partial charge in [-0.2, -0.15) is 0 Å². The van der Waals surface area contributed by atoms with Gasteiger partial charge in [0.05, 0.1) is 10.6 Å². The molecule has 3 heterocycles. The van der Waals surface area contributed by atoms with Crippen LogP contribution in [0.4, 0.5) is 5.69 Å². The van der Waals surface area contributed by atoms with E-state index in [0.717, 1.165) is 5.69 Å². The molecule has 0 saturated carbocycles. The van der Waals surface area contributed by atoms with Gasteiger partial charge in [-0.05, 0) is 79.4 Å². The maximum Gasteiger partial charge on any atom is 0.270 e. The quantitative estimate of drug-likeness (QED) is 0.138. The van der Waals surface area contributed by atoms with Crippen LogP contribution in [0.25, 0.3) is 6.08 Å². The van der Waals surface area contributed by atoms with E-state index in [4.69, 9.17) is 28.6 Å². The number of nitrogens with zero attached hydrogens (tertiary/aromatic N) is 4. The lowest BCUT2D eigenvalue weighted by molar-refractivity contribution is -0.122. The average molecular weight is 566 g/mol. The molecule has 1 fully saturated rings. The Morgan fingerprint density at radius 3 is 2.51 bits per heavy atom. The largest absolute Gasteiger partial charge is 0.457 e. The Hall–Kier alpha value is -3.64. The maximum absolute atomic E-state index is 13.4. The van der Waals surface area contributed by atoms with E-state index in [9.17, 15) is 9.59 Å². The van der Waals surface area contributed by atoms with E-state index in [1.54, 1.807) is 36.5 Å². The molecule has 0 unspecified atom stereocenters. The minimum Gasteiger partial charge on any atom is -0.457 e. The van der Waals surface area contributed by atoms with Gasteiger partial charge in [0.2, 0.25) is 0 Å². The molecule has 37 heavy (non-hydrogen) atoms. The number of amides is 2. The van der Waals surface area contributed by atoms with E-state index in [1.165, 1.54) is 34.1 Å². The summed E-state index contributed by atoms with van der Waals surface area (Å²) in [6.07, 6.45) is 3.08. The molecule has 4 aromatic rings. The van der Waals surface area contributed by atoms with Crippen LogP contribution in [0, 0.1) is 6.92 Å². The summed E-state index contributed by atoms with van der Waals surface area (Å²) in [6, 6.07) is 17.9. The number of thiocarbonyl (C=S) groups is 1. The van der Waals surface area contributed by atoms with Crippen molar-refractivity contribution < 1.29 is 14.3 Å². The summed E-state index contributed by atoms with van der Waals surface area (Å²) in [5.74, 6) is 0.0801. The summed E-state index contributed by atoms with van der Waals surface area (Å²) in [5, 5.41) is 3.23. The third-order valence-electron chi connectivity index (χ3n) is 4.99. The number of hydrogen-bond donors (Lipinski definition) is 1. The summed E-state index contributed by atoms with van der Waals surface area (Å²) in [7, 11) is 0. The number of nitrogens with one attached hydrogen (secondary N) is 1. The van der Waals surface area contributed by atoms with Gasteiger partial charge < -0.3 is 4.74 Å². The van der Waals surface area contributed by atoms with Gasteiger partial charge in [0, 0.05) is 11.9 Å². The smallest absolute Gasteiger partial charge is 0.270 e. The molecular weight excluding hydrogens is 550 g/mol. The van der Waals surface area contributed by atoms with Crippen LogP contribution >= 0.6 is 46.9 Å². The van der Waals surface area contributed by atoms with Crippen molar-refractivity contribution in [3.05, 3.63) is 88.2 Å². The Morgan fingerprint density at radius 2 is 1.78 bits per heavy atom. The molecule has 1 aliphatic rings. The van der Waals surface area contributed by atoms with Crippen LogP contribution in [-0.2, 0) is 9.59 Å². The lowest BCUT2D eigenvalue weighted by atomic mass is 10.1. The zero-order valence-electron chi connectivity index (χ0n) is 19.0. The molecule has 0 spiro atoms. The zero-order chi connectivity index (χ0) is 25.9. The van der Waals surface area contributed by atoms with Crippen LogP contribution < -0.4 is 15.0 Å². The number of thiazole rings is 1. The summed E-state index contributed by atoms with van der Waals surface area (Å²) >= 11 is 14.1. The van der Waals surface area contributed by atoms with Crippen LogP contribution in [0.5, 0.6) is 11.5 Å². The highest BCUT2D eigenvalue weighted by Crippen LogP contribution is 2.35. The van der Waals surface area contributed by atoms with Gasteiger partial charge in [-0.25, -0.2) is 15.0 Å². The Bertz CT molecular complexity index is 1540. The normalized spacial score (nSPS) is 14.7. The predicted molar refractivity (Wildman–Crippen MR) is 147 cm³/mol. The third kappa shape index (κ3) is 5.70. The van der Waals surface area contributed by atoms with Crippen LogP contribution in [0.1, 0.15) is 10.6 Å². The molecule has 5 rings (SSSR count). The van der Waals surface area contributed by atoms with E-state index in [2.05, 4.69) is 20.3 Å². The van der Waals surface area contributed by atoms with Gasteiger partial charge in [-0.3, -0.25) is 19.8 Å². The topological polar surface area (TPSA) is 97.3 Å². The van der Waals surface area contributed by atoms with Crippen molar-refractivity contribution in [1.82, 2.24) is 20.3 Å². The minimum atomic E-state index is -0.615. The van der Waals surface area contributed by atoms with E-state index in [-0.39, 0.29) is 15.8 Å². The minimum absolute atomic E-state index is 0.0212. The van der Waals surface area contributed by atoms with Gasteiger partial charge in [0.15, 0.2) is 14.6 Å². The fourth-order valence-electron chi connectivity index (χ4n) is 3.29. The van der Waals surface area contributed by atoms with E-state index in [0.29, 0.717) is 31.6 Å². The number of aromatic nitrogens is 3. The number of benzene rings is 2. The second-order valence-electron chi connectivity index (χ2n) is 7.58. The number of halogens is 1. The summed E-state index contributed by atoms with van der Waals surface area (Å²) in [4.78, 5) is 40.6. The molecule has 12 heteroatoms. The van der Waals surface area contributed by atoms with Gasteiger partial charge >= 0.3 is 0 Å². The number of rotatable bonds is 6. The highest BCUT2D eigenvalue weighted by atomic mass is 35.5. The summed E-state index contributed by atoms with van der Waals surface area (Å²) in [5.41, 5.74) is 1.18. The third-order valence-corrected chi connectivity index (χ3v) is 7.62. The Kier molecular flexibility index (Phi) is 7.28. The molecule has 184 valence electrons. The van der Waals surface area contributed by atoms with Crippen molar-refractivity contribution in [3.63, 3.8) is 0 Å². The van der Waals surface area contributed by atoms with Crippen LogP contribution in [-0.4, -0.2) is 31.9 Å². The SMILES string of the molecule is Cc1ccnc(Sc2nc(Cl)c(/C=C3\C(=O)NC(=S)N(c4ccc(Oc5ccccc5)cc4)C3=O)s2)n1. The number of carbonyl (C=O) groups is 2. The van der Waals surface area contributed by atoms with Crippen LogP contribution in [0.3, 0.4) is 0 Å². The van der Waals surface area contributed by atoms with Crippen molar-refractivity contribution in [2.24, 2.45) is 0 Å². The van der Waals surface area contributed by atoms with Crippen molar-refractivity contribution >= 4 is 75.6 Å². The highest BCUT2D eigenvalue weighted by molar-refractivity contribution is 8.00. The molecule has 1 aliphatic heterocycles. The first kappa shape index (κ1) is 25.0. The fourth-order valence-corrected chi connectivity index (χ4v) is 5.81. The molecule has 2 aromatic carbocycles. The molecule has 0 aliphatic carbocycles. The number of para-hydroxylation sites is 1. The fraction of sp³-hybridized carbons (Fsp3) is 0.0400. The molecule has 0 radical (unpaired) electrons. The predicted octanol–water partition coefficient (Wildman–Crippen LogP) is 5.67. The first-order valence-corrected chi connectivity index (χ1v) is 13.2. The summed E-state index contributed by atoms with van der Waals surface area (Å²) < 4.78 is 6.38. The number of hydrogen-bond acceptors (Lipinski definition) is 9. The first-order chi connectivity index (χ1) is 17.9. The molecule has 8 nitrogen and oxygen atoms in total. The van der Waals surface area contributed by atoms with Crippen molar-refractivity contribution in [2.75, 3.05) is 4.90 Å². The van der Waals surface area contributed by atoms with E-state index >= 15 is 0 Å². The number of aryl methyl sites for hydroxylation is 1.